The summed E-state index contributed by atoms with van der Waals surface area (Å²) in [6, 6.07) is 7.87. The second-order valence-corrected chi connectivity index (χ2v) is 4.43. The van der Waals surface area contributed by atoms with E-state index in [0.29, 0.717) is 12.3 Å². The summed E-state index contributed by atoms with van der Waals surface area (Å²) in [7, 11) is 0. The highest BCUT2D eigenvalue weighted by molar-refractivity contribution is 5.91. The monoisotopic (exact) mass is 254 g/mol. The van der Waals surface area contributed by atoms with Crippen LogP contribution in [0.15, 0.2) is 24.3 Å². The number of rotatable bonds is 3. The molecule has 1 amide bonds. The van der Waals surface area contributed by atoms with Gasteiger partial charge in [0.2, 0.25) is 5.91 Å². The summed E-state index contributed by atoms with van der Waals surface area (Å²) in [6.07, 6.45) is 1.74. The quantitative estimate of drug-likeness (QED) is 0.870. The van der Waals surface area contributed by atoms with Crippen molar-refractivity contribution >= 4 is 24.0 Å². The molecule has 1 aromatic carbocycles. The van der Waals surface area contributed by atoms with Gasteiger partial charge in [0, 0.05) is 12.1 Å². The van der Waals surface area contributed by atoms with E-state index in [9.17, 15) is 4.79 Å². The molecular weight excluding hydrogens is 236 g/mol. The minimum Gasteiger partial charge on any atom is -0.326 e. The molecule has 17 heavy (non-hydrogen) atoms. The molecule has 0 radical (unpaired) electrons. The summed E-state index contributed by atoms with van der Waals surface area (Å²) < 4.78 is 0. The molecule has 0 bridgehead atoms. The second kappa shape index (κ2) is 6.62. The zero-order valence-corrected chi connectivity index (χ0v) is 10.8. The van der Waals surface area contributed by atoms with Crippen LogP contribution >= 0.6 is 12.4 Å². The number of nitrogens with one attached hydrogen (secondary N) is 2. The molecule has 0 aromatic heterocycles. The van der Waals surface area contributed by atoms with Crippen LogP contribution in [0.25, 0.3) is 0 Å². The topological polar surface area (TPSA) is 41.1 Å². The third-order valence-corrected chi connectivity index (χ3v) is 3.06. The van der Waals surface area contributed by atoms with Crippen molar-refractivity contribution < 1.29 is 4.79 Å². The van der Waals surface area contributed by atoms with E-state index in [0.717, 1.165) is 30.8 Å². The molecule has 1 heterocycles. The van der Waals surface area contributed by atoms with Gasteiger partial charge in [-0.2, -0.15) is 0 Å². The average molecular weight is 255 g/mol. The molecule has 0 aliphatic carbocycles. The van der Waals surface area contributed by atoms with Gasteiger partial charge in [0.1, 0.15) is 0 Å². The average Bonchev–Trinajstić information content (AvgIpc) is 2.74. The molecule has 2 N–H and O–H groups in total. The number of hydrogen-bond acceptors (Lipinski definition) is 2. The maximum Gasteiger partial charge on any atom is 0.224 e. The van der Waals surface area contributed by atoms with Crippen LogP contribution < -0.4 is 10.6 Å². The number of benzene rings is 1. The molecule has 1 atom stereocenters. The Morgan fingerprint density at radius 1 is 1.47 bits per heavy atom. The predicted octanol–water partition coefficient (Wildman–Crippen LogP) is 2.35. The van der Waals surface area contributed by atoms with Crippen LogP contribution in [0.3, 0.4) is 0 Å². The first kappa shape index (κ1) is 14.0. The molecule has 1 aromatic rings. The molecule has 3 nitrogen and oxygen atoms in total. The molecule has 1 aliphatic rings. The summed E-state index contributed by atoms with van der Waals surface area (Å²) in [4.78, 5) is 11.8. The van der Waals surface area contributed by atoms with E-state index in [1.54, 1.807) is 0 Å². The highest BCUT2D eigenvalue weighted by Gasteiger charge is 2.18. The van der Waals surface area contributed by atoms with Crippen molar-refractivity contribution in [2.24, 2.45) is 5.92 Å². The van der Waals surface area contributed by atoms with Gasteiger partial charge in [-0.15, -0.1) is 12.4 Å². The van der Waals surface area contributed by atoms with Gasteiger partial charge in [0.25, 0.3) is 0 Å². The fourth-order valence-corrected chi connectivity index (χ4v) is 2.07. The first-order chi connectivity index (χ1) is 7.75. The fourth-order valence-electron chi connectivity index (χ4n) is 2.07. The van der Waals surface area contributed by atoms with Crippen LogP contribution in [0, 0.1) is 12.8 Å². The van der Waals surface area contributed by atoms with Crippen molar-refractivity contribution in [1.29, 1.82) is 0 Å². The van der Waals surface area contributed by atoms with E-state index in [2.05, 4.69) is 10.6 Å². The Kier molecular flexibility index (Phi) is 5.45. The summed E-state index contributed by atoms with van der Waals surface area (Å²) in [5.41, 5.74) is 2.04. The van der Waals surface area contributed by atoms with Gasteiger partial charge in [-0.25, -0.2) is 0 Å². The number of aryl methyl sites for hydroxylation is 1. The van der Waals surface area contributed by atoms with Crippen LogP contribution in [0.4, 0.5) is 5.69 Å². The summed E-state index contributed by atoms with van der Waals surface area (Å²) in [5, 5.41) is 6.24. The summed E-state index contributed by atoms with van der Waals surface area (Å²) in [6.45, 7) is 4.02. The number of anilines is 1. The largest absolute Gasteiger partial charge is 0.326 e. The summed E-state index contributed by atoms with van der Waals surface area (Å²) in [5.74, 6) is 0.631. The van der Waals surface area contributed by atoms with Gasteiger partial charge >= 0.3 is 0 Å². The molecular formula is C13H19ClN2O. The molecule has 1 unspecified atom stereocenters. The third-order valence-electron chi connectivity index (χ3n) is 3.06. The Balaban J connectivity index is 0.00000144. The van der Waals surface area contributed by atoms with Crippen LogP contribution in [0.1, 0.15) is 18.4 Å². The Morgan fingerprint density at radius 3 is 2.88 bits per heavy atom. The van der Waals surface area contributed by atoms with Gasteiger partial charge in [-0.05, 0) is 44.0 Å². The number of para-hydroxylation sites is 1. The molecule has 94 valence electrons. The lowest BCUT2D eigenvalue weighted by molar-refractivity contribution is -0.116. The predicted molar refractivity (Wildman–Crippen MR) is 72.7 cm³/mol. The summed E-state index contributed by atoms with van der Waals surface area (Å²) >= 11 is 0. The van der Waals surface area contributed by atoms with Crippen LogP contribution in [-0.4, -0.2) is 19.0 Å². The van der Waals surface area contributed by atoms with Gasteiger partial charge in [-0.3, -0.25) is 4.79 Å². The van der Waals surface area contributed by atoms with E-state index in [-0.39, 0.29) is 18.3 Å². The molecule has 2 rings (SSSR count). The molecule has 1 fully saturated rings. The van der Waals surface area contributed by atoms with E-state index in [1.165, 1.54) is 0 Å². The standard InChI is InChI=1S/C13H18N2O.ClH/c1-10-4-2-3-5-12(10)15-13(16)8-11-6-7-14-9-11;/h2-5,11,14H,6-9H2,1H3,(H,15,16);1H. The minimum atomic E-state index is 0. The number of amides is 1. The molecule has 0 spiro atoms. The van der Waals surface area contributed by atoms with Crippen LogP contribution in [-0.2, 0) is 4.79 Å². The number of carbonyl (C=O) groups is 1. The van der Waals surface area contributed by atoms with E-state index in [4.69, 9.17) is 0 Å². The Hall–Kier alpha value is -1.06. The zero-order valence-electron chi connectivity index (χ0n) is 10.0. The third kappa shape index (κ3) is 4.02. The Morgan fingerprint density at radius 2 is 2.24 bits per heavy atom. The van der Waals surface area contributed by atoms with E-state index >= 15 is 0 Å². The Labute approximate surface area is 108 Å². The van der Waals surface area contributed by atoms with Crippen molar-refractivity contribution in [3.8, 4) is 0 Å². The number of halogens is 1. The minimum absolute atomic E-state index is 0. The van der Waals surface area contributed by atoms with Gasteiger partial charge in [0.05, 0.1) is 0 Å². The van der Waals surface area contributed by atoms with Crippen molar-refractivity contribution in [2.75, 3.05) is 18.4 Å². The highest BCUT2D eigenvalue weighted by atomic mass is 35.5. The second-order valence-electron chi connectivity index (χ2n) is 4.43. The molecule has 1 saturated heterocycles. The van der Waals surface area contributed by atoms with Gasteiger partial charge in [0.15, 0.2) is 0 Å². The molecule has 0 saturated carbocycles. The lowest BCUT2D eigenvalue weighted by Gasteiger charge is -2.10. The van der Waals surface area contributed by atoms with Crippen LogP contribution in [0.2, 0.25) is 0 Å². The van der Waals surface area contributed by atoms with Gasteiger partial charge < -0.3 is 10.6 Å². The maximum absolute atomic E-state index is 11.8. The highest BCUT2D eigenvalue weighted by Crippen LogP contribution is 2.16. The van der Waals surface area contributed by atoms with Crippen LogP contribution in [0.5, 0.6) is 0 Å². The van der Waals surface area contributed by atoms with Crippen molar-refractivity contribution in [3.05, 3.63) is 29.8 Å². The molecule has 1 aliphatic heterocycles. The number of carbonyl (C=O) groups excluding carboxylic acids is 1. The van der Waals surface area contributed by atoms with E-state index in [1.807, 2.05) is 31.2 Å². The lowest BCUT2D eigenvalue weighted by Crippen LogP contribution is -2.18. The lowest BCUT2D eigenvalue weighted by atomic mass is 10.0. The normalized spacial score (nSPS) is 18.5. The zero-order chi connectivity index (χ0) is 11.4. The SMILES string of the molecule is Cc1ccccc1NC(=O)CC1CCNC1.Cl. The van der Waals surface area contributed by atoms with Gasteiger partial charge in [-0.1, -0.05) is 18.2 Å². The first-order valence-corrected chi connectivity index (χ1v) is 5.82. The van der Waals surface area contributed by atoms with Crippen molar-refractivity contribution in [1.82, 2.24) is 5.32 Å². The Bertz CT molecular complexity index is 375. The molecule has 4 heteroatoms. The smallest absolute Gasteiger partial charge is 0.224 e. The van der Waals surface area contributed by atoms with Crippen molar-refractivity contribution in [2.45, 2.75) is 19.8 Å². The first-order valence-electron chi connectivity index (χ1n) is 5.82. The van der Waals surface area contributed by atoms with E-state index < -0.39 is 0 Å². The van der Waals surface area contributed by atoms with Crippen molar-refractivity contribution in [3.63, 3.8) is 0 Å². The fraction of sp³-hybridized carbons (Fsp3) is 0.462. The maximum atomic E-state index is 11.8. The number of hydrogen-bond donors (Lipinski definition) is 2.